The molecule has 7 heteroatoms. The third kappa shape index (κ3) is 8.46. The van der Waals surface area contributed by atoms with Gasteiger partial charge in [-0.05, 0) is 44.4 Å². The number of unbranched alkanes of at least 4 members (excludes halogenated alkanes) is 4. The maximum absolute atomic E-state index is 12.2. The van der Waals surface area contributed by atoms with Gasteiger partial charge in [0, 0.05) is 25.3 Å². The number of carbonyl (C=O) groups excluding carboxylic acids is 2. The molecule has 30 heavy (non-hydrogen) atoms. The number of ether oxygens (including phenoxy) is 1. The maximum Gasteiger partial charge on any atom is 0.303 e. The van der Waals surface area contributed by atoms with E-state index in [1.807, 2.05) is 0 Å². The second-order valence-corrected chi connectivity index (χ2v) is 8.50. The van der Waals surface area contributed by atoms with Crippen LogP contribution in [0, 0.1) is 11.8 Å². The van der Waals surface area contributed by atoms with E-state index in [1.54, 1.807) is 0 Å². The van der Waals surface area contributed by atoms with Crippen molar-refractivity contribution in [2.75, 3.05) is 13.1 Å². The van der Waals surface area contributed by atoms with Crippen LogP contribution >= 0.6 is 0 Å². The third-order valence-electron chi connectivity index (χ3n) is 6.17. The van der Waals surface area contributed by atoms with E-state index in [2.05, 4.69) is 29.7 Å². The van der Waals surface area contributed by atoms with Crippen molar-refractivity contribution in [1.82, 2.24) is 10.6 Å². The summed E-state index contributed by atoms with van der Waals surface area (Å²) in [6.45, 7) is 2.74. The number of carboxylic acid groups (broad SMARTS) is 1. The summed E-state index contributed by atoms with van der Waals surface area (Å²) in [6, 6.07) is 0. The lowest BCUT2D eigenvalue weighted by molar-refractivity contribution is -0.137. The van der Waals surface area contributed by atoms with E-state index in [0.29, 0.717) is 31.2 Å². The van der Waals surface area contributed by atoms with Crippen molar-refractivity contribution in [3.8, 4) is 0 Å². The SMILES string of the molecule is CCCCCCC(=O)NCC(=O)NC[C@H]1[C@@H](CC=CCCCC(=O)O)[C@H]2CC[C@H]1O2. The average Bonchev–Trinajstić information content (AvgIpc) is 3.32. The highest BCUT2D eigenvalue weighted by atomic mass is 16.5. The zero-order chi connectivity index (χ0) is 21.8. The summed E-state index contributed by atoms with van der Waals surface area (Å²) < 4.78 is 6.07. The molecular weight excluding hydrogens is 384 g/mol. The topological polar surface area (TPSA) is 105 Å². The van der Waals surface area contributed by atoms with Crippen molar-refractivity contribution in [3.63, 3.8) is 0 Å². The van der Waals surface area contributed by atoms with Gasteiger partial charge < -0.3 is 20.5 Å². The number of nitrogens with one attached hydrogen (secondary N) is 2. The molecule has 0 unspecified atom stereocenters. The lowest BCUT2D eigenvalue weighted by Crippen LogP contribution is -2.42. The Balaban J connectivity index is 1.66. The van der Waals surface area contributed by atoms with E-state index in [1.165, 1.54) is 0 Å². The Morgan fingerprint density at radius 1 is 0.933 bits per heavy atom. The molecule has 0 aliphatic carbocycles. The van der Waals surface area contributed by atoms with Gasteiger partial charge in [0.15, 0.2) is 0 Å². The number of amides is 2. The Labute approximate surface area is 180 Å². The smallest absolute Gasteiger partial charge is 0.303 e. The molecule has 0 saturated carbocycles. The predicted molar refractivity (Wildman–Crippen MR) is 115 cm³/mol. The summed E-state index contributed by atoms with van der Waals surface area (Å²) in [6.07, 6.45) is 13.9. The van der Waals surface area contributed by atoms with E-state index in [0.717, 1.165) is 51.4 Å². The van der Waals surface area contributed by atoms with Crippen LogP contribution in [0.1, 0.15) is 77.6 Å². The van der Waals surface area contributed by atoms with Crippen molar-refractivity contribution in [3.05, 3.63) is 12.2 Å². The van der Waals surface area contributed by atoms with E-state index in [-0.39, 0.29) is 37.0 Å². The van der Waals surface area contributed by atoms with Gasteiger partial charge in [-0.25, -0.2) is 0 Å². The van der Waals surface area contributed by atoms with E-state index < -0.39 is 5.97 Å². The van der Waals surface area contributed by atoms with Gasteiger partial charge in [-0.1, -0.05) is 38.3 Å². The molecule has 0 aromatic heterocycles. The third-order valence-corrected chi connectivity index (χ3v) is 6.17. The quantitative estimate of drug-likeness (QED) is 0.278. The number of rotatable bonds is 15. The normalized spacial score (nSPS) is 25.0. The summed E-state index contributed by atoms with van der Waals surface area (Å²) in [5.41, 5.74) is 0. The average molecular weight is 423 g/mol. The molecule has 2 bridgehead atoms. The highest BCUT2D eigenvalue weighted by Gasteiger charge is 2.47. The molecule has 2 aliphatic rings. The Morgan fingerprint density at radius 3 is 2.43 bits per heavy atom. The summed E-state index contributed by atoms with van der Waals surface area (Å²) in [7, 11) is 0. The standard InChI is InChI=1S/C23H38N2O5/c1-2-3-4-8-11-21(26)25-16-22(27)24-15-18-17(19-13-14-20(18)30-19)10-7-5-6-9-12-23(28)29/h5,7,17-20H,2-4,6,8-16H2,1H3,(H,24,27)(H,25,26)(H,28,29)/t17-,18+,19-,20-/m1/s1. The number of fused-ring (bicyclic) bond motifs is 2. The summed E-state index contributed by atoms with van der Waals surface area (Å²) >= 11 is 0. The van der Waals surface area contributed by atoms with Crippen molar-refractivity contribution in [1.29, 1.82) is 0 Å². The van der Waals surface area contributed by atoms with Crippen LogP contribution in [0.2, 0.25) is 0 Å². The molecule has 4 atom stereocenters. The molecule has 0 aromatic rings. The highest BCUT2D eigenvalue weighted by Crippen LogP contribution is 2.44. The lowest BCUT2D eigenvalue weighted by atomic mass is 9.77. The van der Waals surface area contributed by atoms with Gasteiger partial charge in [-0.3, -0.25) is 14.4 Å². The molecular formula is C23H38N2O5. The van der Waals surface area contributed by atoms with Gasteiger partial charge in [0.05, 0.1) is 18.8 Å². The van der Waals surface area contributed by atoms with Gasteiger partial charge >= 0.3 is 5.97 Å². The molecule has 0 radical (unpaired) electrons. The maximum atomic E-state index is 12.2. The minimum atomic E-state index is -0.756. The Hall–Kier alpha value is -1.89. The highest BCUT2D eigenvalue weighted by molar-refractivity contribution is 5.84. The van der Waals surface area contributed by atoms with Crippen LogP contribution in [0.5, 0.6) is 0 Å². The summed E-state index contributed by atoms with van der Waals surface area (Å²) in [5, 5.41) is 14.4. The van der Waals surface area contributed by atoms with Gasteiger partial charge in [0.25, 0.3) is 0 Å². The first-order valence-corrected chi connectivity index (χ1v) is 11.6. The van der Waals surface area contributed by atoms with Crippen molar-refractivity contribution in [2.24, 2.45) is 11.8 Å². The van der Waals surface area contributed by atoms with Gasteiger partial charge in [-0.2, -0.15) is 0 Å². The summed E-state index contributed by atoms with van der Waals surface area (Å²) in [4.78, 5) is 34.5. The Morgan fingerprint density at radius 2 is 1.70 bits per heavy atom. The van der Waals surface area contributed by atoms with Gasteiger partial charge in [0.1, 0.15) is 0 Å². The molecule has 2 amide bonds. The number of carbonyl (C=O) groups is 3. The molecule has 170 valence electrons. The van der Waals surface area contributed by atoms with Crippen molar-refractivity contribution in [2.45, 2.75) is 89.8 Å². The number of hydrogen-bond acceptors (Lipinski definition) is 4. The second kappa shape index (κ2) is 13.4. The fraction of sp³-hybridized carbons (Fsp3) is 0.783. The molecule has 2 rings (SSSR count). The van der Waals surface area contributed by atoms with Crippen LogP contribution in [0.3, 0.4) is 0 Å². The van der Waals surface area contributed by atoms with Crippen molar-refractivity contribution >= 4 is 17.8 Å². The molecule has 2 aliphatic heterocycles. The first-order chi connectivity index (χ1) is 14.5. The number of allylic oxidation sites excluding steroid dienone is 2. The largest absolute Gasteiger partial charge is 0.481 e. The van der Waals surface area contributed by atoms with Crippen LogP contribution < -0.4 is 10.6 Å². The van der Waals surface area contributed by atoms with Gasteiger partial charge in [0.2, 0.25) is 11.8 Å². The van der Waals surface area contributed by atoms with Crippen LogP contribution in [0.15, 0.2) is 12.2 Å². The molecule has 7 nitrogen and oxygen atoms in total. The minimum Gasteiger partial charge on any atom is -0.481 e. The van der Waals surface area contributed by atoms with Crippen LogP contribution in [0.25, 0.3) is 0 Å². The minimum absolute atomic E-state index is 0.0302. The van der Waals surface area contributed by atoms with Crippen LogP contribution in [0.4, 0.5) is 0 Å². The predicted octanol–water partition coefficient (Wildman–Crippen LogP) is 3.18. The van der Waals surface area contributed by atoms with Crippen LogP contribution in [-0.2, 0) is 19.1 Å². The van der Waals surface area contributed by atoms with E-state index in [9.17, 15) is 14.4 Å². The van der Waals surface area contributed by atoms with Crippen molar-refractivity contribution < 1.29 is 24.2 Å². The second-order valence-electron chi connectivity index (χ2n) is 8.50. The molecule has 2 heterocycles. The fourth-order valence-corrected chi connectivity index (χ4v) is 4.50. The number of carboxylic acids is 1. The lowest BCUT2D eigenvalue weighted by Gasteiger charge is -2.27. The summed E-state index contributed by atoms with van der Waals surface area (Å²) in [5.74, 6) is -0.291. The monoisotopic (exact) mass is 422 g/mol. The Bertz CT molecular complexity index is 592. The molecule has 0 spiro atoms. The zero-order valence-electron chi connectivity index (χ0n) is 18.2. The molecule has 3 N–H and O–H groups in total. The number of hydrogen-bond donors (Lipinski definition) is 3. The molecule has 0 aromatic carbocycles. The zero-order valence-corrected chi connectivity index (χ0v) is 18.2. The first-order valence-electron chi connectivity index (χ1n) is 11.6. The van der Waals surface area contributed by atoms with E-state index in [4.69, 9.17) is 9.84 Å². The Kier molecular flexibility index (Phi) is 10.9. The molecule has 2 saturated heterocycles. The fourth-order valence-electron chi connectivity index (χ4n) is 4.50. The van der Waals surface area contributed by atoms with E-state index >= 15 is 0 Å². The molecule has 2 fully saturated rings. The van der Waals surface area contributed by atoms with Gasteiger partial charge in [-0.15, -0.1) is 0 Å². The first kappa shape index (κ1) is 24.4. The van der Waals surface area contributed by atoms with Crippen LogP contribution in [-0.4, -0.2) is 48.2 Å². The number of aliphatic carboxylic acids is 1.